The van der Waals surface area contributed by atoms with Gasteiger partial charge < -0.3 is 9.80 Å². The lowest BCUT2D eigenvalue weighted by molar-refractivity contribution is -0.385. The van der Waals surface area contributed by atoms with Crippen molar-refractivity contribution < 1.29 is 24.2 Å². The fourth-order valence-electron chi connectivity index (χ4n) is 3.93. The Hall–Kier alpha value is -4.35. The Labute approximate surface area is 180 Å². The summed E-state index contributed by atoms with van der Waals surface area (Å²) in [5.74, 6) is -2.10. The van der Waals surface area contributed by atoms with E-state index < -0.39 is 39.8 Å². The van der Waals surface area contributed by atoms with Crippen molar-refractivity contribution in [1.82, 2.24) is 9.80 Å². The molecule has 0 N–H and O–H groups in total. The highest BCUT2D eigenvalue weighted by Gasteiger charge is 2.42. The molecule has 1 fully saturated rings. The molecule has 164 valence electrons. The number of carbonyl (C=O) groups is 3. The Morgan fingerprint density at radius 3 is 2.12 bits per heavy atom. The minimum atomic E-state index is -0.871. The molecule has 0 radical (unpaired) electrons. The van der Waals surface area contributed by atoms with Gasteiger partial charge in [0.1, 0.15) is 17.8 Å². The van der Waals surface area contributed by atoms with Gasteiger partial charge in [0.2, 0.25) is 5.91 Å². The van der Waals surface area contributed by atoms with Gasteiger partial charge in [0.15, 0.2) is 0 Å². The molecule has 2 aliphatic rings. The average Bonchev–Trinajstić information content (AvgIpc) is 3.04. The summed E-state index contributed by atoms with van der Waals surface area (Å²) in [4.78, 5) is 63.2. The van der Waals surface area contributed by atoms with Crippen LogP contribution in [0.15, 0.2) is 42.5 Å². The van der Waals surface area contributed by atoms with Crippen LogP contribution in [0.3, 0.4) is 0 Å². The molecule has 0 aromatic heterocycles. The molecule has 0 unspecified atom stereocenters. The Morgan fingerprint density at radius 2 is 1.47 bits per heavy atom. The van der Waals surface area contributed by atoms with E-state index in [0.29, 0.717) is 23.7 Å². The number of piperazine rings is 1. The second-order valence-electron chi connectivity index (χ2n) is 7.27. The zero-order chi connectivity index (χ0) is 23.0. The van der Waals surface area contributed by atoms with Crippen LogP contribution in [-0.2, 0) is 4.79 Å². The van der Waals surface area contributed by atoms with E-state index in [9.17, 15) is 34.6 Å². The Balaban J connectivity index is 1.44. The topological polar surface area (TPSA) is 147 Å². The predicted molar refractivity (Wildman–Crippen MR) is 110 cm³/mol. The molecule has 0 bridgehead atoms. The third-order valence-corrected chi connectivity index (χ3v) is 5.52. The molecule has 2 aliphatic heterocycles. The zero-order valence-corrected chi connectivity index (χ0v) is 16.7. The van der Waals surface area contributed by atoms with Crippen LogP contribution < -0.4 is 4.90 Å². The summed E-state index contributed by atoms with van der Waals surface area (Å²) in [5.41, 5.74) is -0.458. The number of carbonyl (C=O) groups excluding carboxylic acids is 3. The third-order valence-electron chi connectivity index (χ3n) is 5.52. The molecule has 0 aliphatic carbocycles. The summed E-state index contributed by atoms with van der Waals surface area (Å²) in [6.07, 6.45) is 0. The SMILES string of the molecule is O=C(CN1C(=O)c2cccc([N+](=O)[O-])c2C1=O)N1CCN(c2ccccc2[N+](=O)[O-])CC1. The molecule has 32 heavy (non-hydrogen) atoms. The molecule has 2 aromatic rings. The van der Waals surface area contributed by atoms with E-state index in [1.54, 1.807) is 23.1 Å². The number of hydrogen-bond acceptors (Lipinski definition) is 8. The maximum absolute atomic E-state index is 12.8. The van der Waals surface area contributed by atoms with Gasteiger partial charge in [-0.2, -0.15) is 0 Å². The van der Waals surface area contributed by atoms with E-state index in [1.165, 1.54) is 23.1 Å². The van der Waals surface area contributed by atoms with Crippen LogP contribution >= 0.6 is 0 Å². The van der Waals surface area contributed by atoms with Crippen molar-refractivity contribution in [3.63, 3.8) is 0 Å². The lowest BCUT2D eigenvalue weighted by Crippen LogP contribution is -2.52. The number of anilines is 1. The molecular weight excluding hydrogens is 422 g/mol. The standard InChI is InChI=1S/C20H17N5O7/c26-17(12-23-19(27)13-4-3-7-16(25(31)32)18(13)20(23)28)22-10-8-21(9-11-22)14-5-1-2-6-15(14)24(29)30/h1-7H,8-12H2. The zero-order valence-electron chi connectivity index (χ0n) is 16.7. The van der Waals surface area contributed by atoms with Crippen LogP contribution in [0.4, 0.5) is 17.1 Å². The van der Waals surface area contributed by atoms with Gasteiger partial charge in [-0.05, 0) is 12.1 Å². The lowest BCUT2D eigenvalue weighted by Gasteiger charge is -2.36. The number of para-hydroxylation sites is 2. The van der Waals surface area contributed by atoms with Crippen molar-refractivity contribution >= 4 is 34.8 Å². The number of nitrogens with zero attached hydrogens (tertiary/aromatic N) is 5. The van der Waals surface area contributed by atoms with Crippen molar-refractivity contribution in [3.8, 4) is 0 Å². The van der Waals surface area contributed by atoms with Gasteiger partial charge in [0.25, 0.3) is 23.2 Å². The maximum Gasteiger partial charge on any atom is 0.292 e. The van der Waals surface area contributed by atoms with Gasteiger partial charge >= 0.3 is 0 Å². The molecule has 0 saturated carbocycles. The first-order chi connectivity index (χ1) is 15.3. The normalized spacial score (nSPS) is 15.7. The summed E-state index contributed by atoms with van der Waals surface area (Å²) in [6, 6.07) is 10.1. The first-order valence-electron chi connectivity index (χ1n) is 9.69. The van der Waals surface area contributed by atoms with Crippen LogP contribution in [0.5, 0.6) is 0 Å². The fraction of sp³-hybridized carbons (Fsp3) is 0.250. The predicted octanol–water partition coefficient (Wildman–Crippen LogP) is 1.45. The number of nitro benzene ring substituents is 2. The second-order valence-corrected chi connectivity index (χ2v) is 7.27. The fourth-order valence-corrected chi connectivity index (χ4v) is 3.93. The molecule has 0 spiro atoms. The smallest absolute Gasteiger partial charge is 0.292 e. The van der Waals surface area contributed by atoms with Gasteiger partial charge in [0.05, 0.1) is 15.4 Å². The Bertz CT molecular complexity index is 1160. The summed E-state index contributed by atoms with van der Waals surface area (Å²) >= 11 is 0. The van der Waals surface area contributed by atoms with E-state index in [4.69, 9.17) is 0 Å². The quantitative estimate of drug-likeness (QED) is 0.386. The number of fused-ring (bicyclic) bond motifs is 1. The number of benzene rings is 2. The number of rotatable bonds is 5. The molecule has 4 rings (SSSR count). The first kappa shape index (κ1) is 20.9. The number of hydrogen-bond donors (Lipinski definition) is 0. The lowest BCUT2D eigenvalue weighted by atomic mass is 10.1. The highest BCUT2D eigenvalue weighted by Crippen LogP contribution is 2.31. The second kappa shape index (κ2) is 8.06. The van der Waals surface area contributed by atoms with Gasteiger partial charge in [-0.15, -0.1) is 0 Å². The summed E-state index contributed by atoms with van der Waals surface area (Å²) < 4.78 is 0. The Morgan fingerprint density at radius 1 is 0.844 bits per heavy atom. The monoisotopic (exact) mass is 439 g/mol. The average molecular weight is 439 g/mol. The van der Waals surface area contributed by atoms with Crippen molar-refractivity contribution in [2.24, 2.45) is 0 Å². The van der Waals surface area contributed by atoms with Crippen LogP contribution in [0, 0.1) is 20.2 Å². The number of imide groups is 1. The van der Waals surface area contributed by atoms with Crippen LogP contribution in [0.2, 0.25) is 0 Å². The third kappa shape index (κ3) is 3.51. The maximum atomic E-state index is 12.8. The highest BCUT2D eigenvalue weighted by atomic mass is 16.6. The minimum absolute atomic E-state index is 0.0279. The van der Waals surface area contributed by atoms with Crippen LogP contribution in [-0.4, -0.2) is 70.1 Å². The van der Waals surface area contributed by atoms with Gasteiger partial charge in [-0.1, -0.05) is 18.2 Å². The van der Waals surface area contributed by atoms with E-state index in [1.807, 2.05) is 0 Å². The van der Waals surface area contributed by atoms with E-state index in [0.717, 1.165) is 6.07 Å². The largest absolute Gasteiger partial charge is 0.362 e. The van der Waals surface area contributed by atoms with Crippen molar-refractivity contribution in [2.75, 3.05) is 37.6 Å². The summed E-state index contributed by atoms with van der Waals surface area (Å²) in [6.45, 7) is 0.631. The molecular formula is C20H17N5O7. The number of nitro groups is 2. The summed E-state index contributed by atoms with van der Waals surface area (Å²) in [5, 5.41) is 22.5. The van der Waals surface area contributed by atoms with Gasteiger partial charge in [-0.3, -0.25) is 39.5 Å². The van der Waals surface area contributed by atoms with E-state index >= 15 is 0 Å². The van der Waals surface area contributed by atoms with Crippen LogP contribution in [0.1, 0.15) is 20.7 Å². The minimum Gasteiger partial charge on any atom is -0.362 e. The molecule has 0 atom stereocenters. The number of amides is 3. The molecule has 3 amide bonds. The van der Waals surface area contributed by atoms with E-state index in [2.05, 4.69) is 0 Å². The first-order valence-corrected chi connectivity index (χ1v) is 9.69. The van der Waals surface area contributed by atoms with Crippen molar-refractivity contribution in [2.45, 2.75) is 0 Å². The highest BCUT2D eigenvalue weighted by molar-refractivity contribution is 6.24. The molecule has 1 saturated heterocycles. The molecule has 2 heterocycles. The summed E-state index contributed by atoms with van der Waals surface area (Å²) in [7, 11) is 0. The van der Waals surface area contributed by atoms with Crippen molar-refractivity contribution in [1.29, 1.82) is 0 Å². The molecule has 12 heteroatoms. The Kier molecular flexibility index (Phi) is 5.26. The molecule has 2 aromatic carbocycles. The van der Waals surface area contributed by atoms with Crippen molar-refractivity contribution in [3.05, 3.63) is 73.8 Å². The van der Waals surface area contributed by atoms with E-state index in [-0.39, 0.29) is 29.9 Å². The van der Waals surface area contributed by atoms with Gasteiger partial charge in [0, 0.05) is 38.3 Å². The van der Waals surface area contributed by atoms with Gasteiger partial charge in [-0.25, -0.2) is 0 Å². The molecule has 12 nitrogen and oxygen atoms in total. The van der Waals surface area contributed by atoms with Crippen LogP contribution in [0.25, 0.3) is 0 Å².